The topological polar surface area (TPSA) is 41.1 Å². The van der Waals surface area contributed by atoms with Crippen LogP contribution in [0.3, 0.4) is 0 Å². The summed E-state index contributed by atoms with van der Waals surface area (Å²) < 4.78 is 0. The lowest BCUT2D eigenvalue weighted by atomic mass is 10.1. The van der Waals surface area contributed by atoms with Crippen LogP contribution in [0.1, 0.15) is 18.9 Å². The summed E-state index contributed by atoms with van der Waals surface area (Å²) in [7, 11) is 0. The van der Waals surface area contributed by atoms with Crippen molar-refractivity contribution >= 4 is 29.1 Å². The maximum atomic E-state index is 11.4. The standard InChI is InChI=1S/C13H18Cl2N2O/c1-2-16-7-6-13(18)17-8-5-10-3-4-11(14)9-12(10)15/h3-4,9,16H,2,5-8H2,1H3,(H,17,18). The number of hydrogen-bond donors (Lipinski definition) is 2. The van der Waals surface area contributed by atoms with Crippen LogP contribution in [0.4, 0.5) is 0 Å². The van der Waals surface area contributed by atoms with Crippen molar-refractivity contribution in [2.24, 2.45) is 0 Å². The number of hydrogen-bond acceptors (Lipinski definition) is 2. The van der Waals surface area contributed by atoms with Gasteiger partial charge in [-0.25, -0.2) is 0 Å². The predicted octanol–water partition coefficient (Wildman–Crippen LogP) is 2.65. The largest absolute Gasteiger partial charge is 0.356 e. The Hall–Kier alpha value is -0.770. The number of halogens is 2. The fraction of sp³-hybridized carbons (Fsp3) is 0.462. The van der Waals surface area contributed by atoms with Crippen LogP contribution in [0.2, 0.25) is 10.0 Å². The number of carbonyl (C=O) groups excluding carboxylic acids is 1. The van der Waals surface area contributed by atoms with Crippen molar-refractivity contribution < 1.29 is 4.79 Å². The molecule has 0 spiro atoms. The zero-order valence-electron chi connectivity index (χ0n) is 10.4. The molecule has 0 bridgehead atoms. The molecule has 0 aliphatic heterocycles. The molecule has 1 aromatic rings. The molecule has 0 aliphatic carbocycles. The van der Waals surface area contributed by atoms with E-state index < -0.39 is 0 Å². The first-order valence-corrected chi connectivity index (χ1v) is 6.80. The third kappa shape index (κ3) is 5.71. The van der Waals surface area contributed by atoms with Gasteiger partial charge in [0.2, 0.25) is 5.91 Å². The Balaban J connectivity index is 2.26. The Bertz CT molecular complexity index is 397. The highest BCUT2D eigenvalue weighted by molar-refractivity contribution is 6.35. The maximum Gasteiger partial charge on any atom is 0.221 e. The number of benzene rings is 1. The second kappa shape index (κ2) is 8.35. The van der Waals surface area contributed by atoms with E-state index in [4.69, 9.17) is 23.2 Å². The number of nitrogens with one attached hydrogen (secondary N) is 2. The molecule has 0 atom stereocenters. The highest BCUT2D eigenvalue weighted by atomic mass is 35.5. The summed E-state index contributed by atoms with van der Waals surface area (Å²) in [5.41, 5.74) is 0.994. The van der Waals surface area contributed by atoms with Crippen molar-refractivity contribution in [1.82, 2.24) is 10.6 Å². The van der Waals surface area contributed by atoms with E-state index in [1.54, 1.807) is 12.1 Å². The van der Waals surface area contributed by atoms with Gasteiger partial charge < -0.3 is 10.6 Å². The van der Waals surface area contributed by atoms with E-state index in [0.717, 1.165) is 12.1 Å². The smallest absolute Gasteiger partial charge is 0.221 e. The van der Waals surface area contributed by atoms with Crippen molar-refractivity contribution in [1.29, 1.82) is 0 Å². The fourth-order valence-corrected chi connectivity index (χ4v) is 2.03. The zero-order valence-corrected chi connectivity index (χ0v) is 11.9. The monoisotopic (exact) mass is 288 g/mol. The maximum absolute atomic E-state index is 11.4. The van der Waals surface area contributed by atoms with E-state index in [9.17, 15) is 4.79 Å². The van der Waals surface area contributed by atoms with E-state index in [1.807, 2.05) is 13.0 Å². The van der Waals surface area contributed by atoms with Crippen molar-refractivity contribution in [3.8, 4) is 0 Å². The molecule has 2 N–H and O–H groups in total. The second-order valence-electron chi connectivity index (χ2n) is 3.94. The van der Waals surface area contributed by atoms with Gasteiger partial charge in [-0.05, 0) is 30.7 Å². The Morgan fingerprint density at radius 3 is 2.72 bits per heavy atom. The van der Waals surface area contributed by atoms with Crippen LogP contribution in [-0.4, -0.2) is 25.5 Å². The lowest BCUT2D eigenvalue weighted by Crippen LogP contribution is -2.29. The lowest BCUT2D eigenvalue weighted by Gasteiger charge is -2.07. The van der Waals surface area contributed by atoms with Gasteiger partial charge in [0.25, 0.3) is 0 Å². The number of rotatable bonds is 7. The highest BCUT2D eigenvalue weighted by Crippen LogP contribution is 2.20. The minimum Gasteiger partial charge on any atom is -0.356 e. The first kappa shape index (κ1) is 15.3. The summed E-state index contributed by atoms with van der Waals surface area (Å²) in [4.78, 5) is 11.4. The summed E-state index contributed by atoms with van der Waals surface area (Å²) >= 11 is 11.9. The van der Waals surface area contributed by atoms with Gasteiger partial charge in [0.05, 0.1) is 0 Å². The van der Waals surface area contributed by atoms with E-state index in [0.29, 0.717) is 36.0 Å². The molecule has 0 aromatic heterocycles. The Kier molecular flexibility index (Phi) is 7.09. The Labute approximate surface area is 118 Å². The van der Waals surface area contributed by atoms with Crippen LogP contribution >= 0.6 is 23.2 Å². The van der Waals surface area contributed by atoms with Gasteiger partial charge in [0, 0.05) is 29.6 Å². The molecule has 0 fully saturated rings. The molecule has 0 saturated carbocycles. The summed E-state index contributed by atoms with van der Waals surface area (Å²) in [6, 6.07) is 5.40. The molecule has 0 heterocycles. The molecule has 0 unspecified atom stereocenters. The minimum absolute atomic E-state index is 0.0565. The highest BCUT2D eigenvalue weighted by Gasteiger charge is 2.03. The van der Waals surface area contributed by atoms with Crippen LogP contribution in [-0.2, 0) is 11.2 Å². The van der Waals surface area contributed by atoms with Gasteiger partial charge in [0.1, 0.15) is 0 Å². The van der Waals surface area contributed by atoms with Crippen molar-refractivity contribution in [3.05, 3.63) is 33.8 Å². The molecule has 1 amide bonds. The van der Waals surface area contributed by atoms with E-state index in [-0.39, 0.29) is 5.91 Å². The average molecular weight is 289 g/mol. The molecule has 100 valence electrons. The van der Waals surface area contributed by atoms with E-state index in [1.165, 1.54) is 0 Å². The quantitative estimate of drug-likeness (QED) is 0.758. The third-order valence-corrected chi connectivity index (χ3v) is 3.10. The summed E-state index contributed by atoms with van der Waals surface area (Å²) in [6.07, 6.45) is 1.21. The molecule has 1 rings (SSSR count). The molecule has 3 nitrogen and oxygen atoms in total. The van der Waals surface area contributed by atoms with Gasteiger partial charge in [-0.15, -0.1) is 0 Å². The SMILES string of the molecule is CCNCCC(=O)NCCc1ccc(Cl)cc1Cl. The third-order valence-electron chi connectivity index (χ3n) is 2.51. The van der Waals surface area contributed by atoms with Crippen molar-refractivity contribution in [2.75, 3.05) is 19.6 Å². The van der Waals surface area contributed by atoms with Crippen LogP contribution < -0.4 is 10.6 Å². The second-order valence-corrected chi connectivity index (χ2v) is 4.78. The van der Waals surface area contributed by atoms with E-state index >= 15 is 0 Å². The molecular formula is C13H18Cl2N2O. The van der Waals surface area contributed by atoms with Crippen molar-refractivity contribution in [2.45, 2.75) is 19.8 Å². The number of amides is 1. The zero-order chi connectivity index (χ0) is 13.4. The first-order valence-electron chi connectivity index (χ1n) is 6.04. The van der Waals surface area contributed by atoms with Gasteiger partial charge in [-0.3, -0.25) is 4.79 Å². The number of carbonyl (C=O) groups is 1. The van der Waals surface area contributed by atoms with Crippen LogP contribution in [0.5, 0.6) is 0 Å². The normalized spacial score (nSPS) is 10.4. The molecule has 0 aliphatic rings. The fourth-order valence-electron chi connectivity index (χ4n) is 1.53. The lowest BCUT2D eigenvalue weighted by molar-refractivity contribution is -0.120. The van der Waals surface area contributed by atoms with Gasteiger partial charge in [-0.2, -0.15) is 0 Å². The Morgan fingerprint density at radius 1 is 1.28 bits per heavy atom. The summed E-state index contributed by atoms with van der Waals surface area (Å²) in [6.45, 7) is 4.20. The minimum atomic E-state index is 0.0565. The van der Waals surface area contributed by atoms with Crippen LogP contribution in [0.25, 0.3) is 0 Å². The Morgan fingerprint density at radius 2 is 2.06 bits per heavy atom. The molecule has 1 aromatic carbocycles. The van der Waals surface area contributed by atoms with E-state index in [2.05, 4.69) is 10.6 Å². The molecular weight excluding hydrogens is 271 g/mol. The molecule has 18 heavy (non-hydrogen) atoms. The van der Waals surface area contributed by atoms with Crippen LogP contribution in [0.15, 0.2) is 18.2 Å². The first-order chi connectivity index (χ1) is 8.63. The van der Waals surface area contributed by atoms with Gasteiger partial charge >= 0.3 is 0 Å². The molecule has 5 heteroatoms. The summed E-state index contributed by atoms with van der Waals surface area (Å²) in [5, 5.41) is 7.23. The van der Waals surface area contributed by atoms with Crippen LogP contribution in [0, 0.1) is 0 Å². The van der Waals surface area contributed by atoms with Gasteiger partial charge in [0.15, 0.2) is 0 Å². The molecule has 0 radical (unpaired) electrons. The van der Waals surface area contributed by atoms with Crippen molar-refractivity contribution in [3.63, 3.8) is 0 Å². The predicted molar refractivity (Wildman–Crippen MR) is 76.3 cm³/mol. The van der Waals surface area contributed by atoms with Gasteiger partial charge in [-0.1, -0.05) is 36.2 Å². The summed E-state index contributed by atoms with van der Waals surface area (Å²) in [5.74, 6) is 0.0565. The molecule has 0 saturated heterocycles. The average Bonchev–Trinajstić information content (AvgIpc) is 2.32.